The Morgan fingerprint density at radius 2 is 1.85 bits per heavy atom. The van der Waals surface area contributed by atoms with Gasteiger partial charge in [0.2, 0.25) is 5.91 Å². The lowest BCUT2D eigenvalue weighted by molar-refractivity contribution is -0.123. The van der Waals surface area contributed by atoms with Crippen LogP contribution in [0.15, 0.2) is 30.3 Å². The molecule has 1 heterocycles. The number of hydrogen-bond acceptors (Lipinski definition) is 5. The first kappa shape index (κ1) is 15.0. The van der Waals surface area contributed by atoms with Gasteiger partial charge in [0.1, 0.15) is 0 Å². The molecule has 1 saturated heterocycles. The number of hydrogen-bond donors (Lipinski definition) is 2. The lowest BCUT2D eigenvalue weighted by Gasteiger charge is -2.29. The lowest BCUT2D eigenvalue weighted by atomic mass is 9.97. The molecule has 1 aliphatic heterocycles. The number of nitrogens with zero attached hydrogens (tertiary/aromatic N) is 1. The Kier molecular flexibility index (Phi) is 4.74. The fraction of sp³-hybridized carbons (Fsp3) is 0.462. The molecule has 1 aromatic rings. The van der Waals surface area contributed by atoms with E-state index >= 15 is 0 Å². The minimum atomic E-state index is -2.91. The normalized spacial score (nSPS) is 20.2. The van der Waals surface area contributed by atoms with E-state index in [0.717, 1.165) is 5.56 Å². The number of nitrogens with one attached hydrogen (secondary N) is 1. The number of nitrogens with two attached hydrogens (primary N) is 1. The molecule has 110 valence electrons. The van der Waals surface area contributed by atoms with Crippen LogP contribution in [0.2, 0.25) is 0 Å². The minimum absolute atomic E-state index is 0.152. The van der Waals surface area contributed by atoms with Gasteiger partial charge in [0.05, 0.1) is 17.4 Å². The van der Waals surface area contributed by atoms with E-state index in [2.05, 4.69) is 5.43 Å². The smallest absolute Gasteiger partial charge is 0.242 e. The third-order valence-corrected chi connectivity index (χ3v) is 5.15. The molecule has 0 saturated carbocycles. The largest absolute Gasteiger partial charge is 0.300 e. The summed E-state index contributed by atoms with van der Waals surface area (Å²) in [6.45, 7) is 1.40. The molecule has 1 aliphatic rings. The summed E-state index contributed by atoms with van der Waals surface area (Å²) < 4.78 is 22.8. The van der Waals surface area contributed by atoms with E-state index in [9.17, 15) is 13.2 Å². The molecule has 1 fully saturated rings. The fourth-order valence-corrected chi connectivity index (χ4v) is 3.59. The van der Waals surface area contributed by atoms with Crippen LogP contribution in [0.3, 0.4) is 0 Å². The summed E-state index contributed by atoms with van der Waals surface area (Å²) in [6.07, 6.45) is 0. The van der Waals surface area contributed by atoms with Crippen molar-refractivity contribution in [3.63, 3.8) is 0 Å². The van der Waals surface area contributed by atoms with Gasteiger partial charge >= 0.3 is 0 Å². The third kappa shape index (κ3) is 3.78. The van der Waals surface area contributed by atoms with Crippen molar-refractivity contribution in [3.05, 3.63) is 35.9 Å². The SMILES string of the molecule is NNC(=O)C(CN1CCS(=O)(=O)CC1)c1ccccc1. The Labute approximate surface area is 118 Å². The molecule has 0 bridgehead atoms. The monoisotopic (exact) mass is 297 g/mol. The second-order valence-corrected chi connectivity index (χ2v) is 7.23. The topological polar surface area (TPSA) is 92.5 Å². The molecule has 0 aliphatic carbocycles. The van der Waals surface area contributed by atoms with Gasteiger partial charge in [0.15, 0.2) is 9.84 Å². The van der Waals surface area contributed by atoms with Crippen molar-refractivity contribution in [2.45, 2.75) is 5.92 Å². The van der Waals surface area contributed by atoms with Crippen LogP contribution in [0.1, 0.15) is 11.5 Å². The molecule has 2 rings (SSSR count). The highest BCUT2D eigenvalue weighted by molar-refractivity contribution is 7.91. The van der Waals surface area contributed by atoms with Crippen LogP contribution in [-0.2, 0) is 14.6 Å². The average molecular weight is 297 g/mol. The molecule has 0 aromatic heterocycles. The minimum Gasteiger partial charge on any atom is -0.300 e. The zero-order valence-electron chi connectivity index (χ0n) is 11.2. The third-order valence-electron chi connectivity index (χ3n) is 3.54. The first-order valence-corrected chi connectivity index (χ1v) is 8.32. The maximum Gasteiger partial charge on any atom is 0.242 e. The van der Waals surface area contributed by atoms with Crippen molar-refractivity contribution < 1.29 is 13.2 Å². The molecular formula is C13H19N3O3S. The first-order chi connectivity index (χ1) is 9.52. The Morgan fingerprint density at radius 1 is 1.25 bits per heavy atom. The van der Waals surface area contributed by atoms with Crippen LogP contribution in [0.4, 0.5) is 0 Å². The van der Waals surface area contributed by atoms with Gasteiger partial charge in [-0.25, -0.2) is 14.3 Å². The van der Waals surface area contributed by atoms with Gasteiger partial charge < -0.3 is 4.90 Å². The van der Waals surface area contributed by atoms with E-state index < -0.39 is 9.84 Å². The second kappa shape index (κ2) is 6.34. The van der Waals surface area contributed by atoms with Gasteiger partial charge in [-0.2, -0.15) is 0 Å². The van der Waals surface area contributed by atoms with Gasteiger partial charge in [-0.3, -0.25) is 10.2 Å². The molecule has 0 spiro atoms. The van der Waals surface area contributed by atoms with Crippen LogP contribution < -0.4 is 11.3 Å². The van der Waals surface area contributed by atoms with Crippen LogP contribution >= 0.6 is 0 Å². The predicted octanol–water partition coefficient (Wildman–Crippen LogP) is -0.509. The second-order valence-electron chi connectivity index (χ2n) is 4.92. The number of rotatable bonds is 4. The molecule has 1 amide bonds. The van der Waals surface area contributed by atoms with Crippen LogP contribution in [0.25, 0.3) is 0 Å². The number of amides is 1. The standard InChI is InChI=1S/C13H19N3O3S/c14-15-13(17)12(11-4-2-1-3-5-11)10-16-6-8-20(18,19)9-7-16/h1-5,12H,6-10,14H2,(H,15,17). The molecule has 20 heavy (non-hydrogen) atoms. The summed E-state index contributed by atoms with van der Waals surface area (Å²) in [4.78, 5) is 13.9. The van der Waals surface area contributed by atoms with Crippen LogP contribution in [-0.4, -0.2) is 50.4 Å². The highest BCUT2D eigenvalue weighted by atomic mass is 32.2. The summed E-state index contributed by atoms with van der Waals surface area (Å²) in [5, 5.41) is 0. The number of benzene rings is 1. The zero-order valence-corrected chi connectivity index (χ0v) is 12.0. The van der Waals surface area contributed by atoms with Crippen molar-refractivity contribution in [1.29, 1.82) is 0 Å². The Morgan fingerprint density at radius 3 is 2.40 bits per heavy atom. The summed E-state index contributed by atoms with van der Waals surface area (Å²) in [5.41, 5.74) is 3.06. The van der Waals surface area contributed by atoms with Crippen molar-refractivity contribution in [1.82, 2.24) is 10.3 Å². The lowest BCUT2D eigenvalue weighted by Crippen LogP contribution is -2.45. The van der Waals surface area contributed by atoms with Crippen LogP contribution in [0, 0.1) is 0 Å². The number of sulfone groups is 1. The Hall–Kier alpha value is -1.44. The van der Waals surface area contributed by atoms with Crippen molar-refractivity contribution in [2.75, 3.05) is 31.1 Å². The van der Waals surface area contributed by atoms with Gasteiger partial charge in [0.25, 0.3) is 0 Å². The Bertz CT molecular complexity index is 545. The maximum absolute atomic E-state index is 11.9. The molecule has 0 radical (unpaired) electrons. The summed E-state index contributed by atoms with van der Waals surface area (Å²) in [5.74, 6) is 4.90. The first-order valence-electron chi connectivity index (χ1n) is 6.50. The molecular weight excluding hydrogens is 278 g/mol. The zero-order chi connectivity index (χ0) is 14.6. The van der Waals surface area contributed by atoms with Gasteiger partial charge in [-0.1, -0.05) is 30.3 Å². The summed E-state index contributed by atoms with van der Waals surface area (Å²) >= 11 is 0. The maximum atomic E-state index is 11.9. The van der Waals surface area contributed by atoms with Gasteiger partial charge in [-0.15, -0.1) is 0 Å². The fourth-order valence-electron chi connectivity index (χ4n) is 2.32. The summed E-state index contributed by atoms with van der Waals surface area (Å²) in [7, 11) is -2.91. The summed E-state index contributed by atoms with van der Waals surface area (Å²) in [6, 6.07) is 9.37. The molecule has 1 aromatic carbocycles. The van der Waals surface area contributed by atoms with Gasteiger partial charge in [-0.05, 0) is 5.56 Å². The van der Waals surface area contributed by atoms with E-state index in [0.29, 0.717) is 19.6 Å². The van der Waals surface area contributed by atoms with Gasteiger partial charge in [0, 0.05) is 19.6 Å². The van der Waals surface area contributed by atoms with E-state index in [4.69, 9.17) is 5.84 Å². The van der Waals surface area contributed by atoms with Crippen molar-refractivity contribution >= 4 is 15.7 Å². The quantitative estimate of drug-likeness (QED) is 0.444. The average Bonchev–Trinajstić information content (AvgIpc) is 2.46. The number of carbonyl (C=O) groups excluding carboxylic acids is 1. The van der Waals surface area contributed by atoms with Crippen molar-refractivity contribution in [2.24, 2.45) is 5.84 Å². The molecule has 1 atom stereocenters. The van der Waals surface area contributed by atoms with E-state index in [1.807, 2.05) is 35.2 Å². The highest BCUT2D eigenvalue weighted by Crippen LogP contribution is 2.18. The van der Waals surface area contributed by atoms with E-state index in [1.165, 1.54) is 0 Å². The molecule has 7 heteroatoms. The molecule has 1 unspecified atom stereocenters. The number of hydrazine groups is 1. The molecule has 6 nitrogen and oxygen atoms in total. The predicted molar refractivity (Wildman–Crippen MR) is 76.6 cm³/mol. The Balaban J connectivity index is 2.08. The number of carbonyl (C=O) groups is 1. The highest BCUT2D eigenvalue weighted by Gasteiger charge is 2.27. The molecule has 3 N–H and O–H groups in total. The van der Waals surface area contributed by atoms with E-state index in [-0.39, 0.29) is 23.3 Å². The van der Waals surface area contributed by atoms with Crippen LogP contribution in [0.5, 0.6) is 0 Å². The van der Waals surface area contributed by atoms with E-state index in [1.54, 1.807) is 0 Å². The van der Waals surface area contributed by atoms with Crippen molar-refractivity contribution in [3.8, 4) is 0 Å².